The number of rotatable bonds is 6. The quantitative estimate of drug-likeness (QED) is 0.639. The molecule has 0 saturated heterocycles. The highest BCUT2D eigenvalue weighted by Gasteiger charge is 2.23. The van der Waals surface area contributed by atoms with Crippen molar-refractivity contribution in [1.29, 1.82) is 0 Å². The van der Waals surface area contributed by atoms with Gasteiger partial charge in [-0.3, -0.25) is 9.59 Å². The second kappa shape index (κ2) is 8.91. The number of thioether (sulfide) groups is 1. The van der Waals surface area contributed by atoms with Crippen molar-refractivity contribution >= 4 is 23.6 Å². The van der Waals surface area contributed by atoms with Gasteiger partial charge in [-0.15, -0.1) is 11.8 Å². The summed E-state index contributed by atoms with van der Waals surface area (Å²) in [5.41, 5.74) is 0. The van der Waals surface area contributed by atoms with E-state index in [0.29, 0.717) is 10.8 Å². The smallest absolute Gasteiger partial charge is 0.316 e. The van der Waals surface area contributed by atoms with Crippen molar-refractivity contribution < 1.29 is 18.7 Å². The van der Waals surface area contributed by atoms with Gasteiger partial charge < -0.3 is 10.1 Å². The third-order valence-corrected chi connectivity index (χ3v) is 5.03. The van der Waals surface area contributed by atoms with Gasteiger partial charge in [0.1, 0.15) is 5.82 Å². The van der Waals surface area contributed by atoms with Crippen LogP contribution in [0.3, 0.4) is 0 Å². The van der Waals surface area contributed by atoms with E-state index in [1.807, 2.05) is 0 Å². The number of esters is 1. The molecule has 4 nitrogen and oxygen atoms in total. The summed E-state index contributed by atoms with van der Waals surface area (Å²) in [6, 6.07) is 6.41. The Morgan fingerprint density at radius 1 is 1.30 bits per heavy atom. The van der Waals surface area contributed by atoms with Crippen LogP contribution in [0.4, 0.5) is 4.39 Å². The lowest BCUT2D eigenvalue weighted by atomic mass is 9.86. The highest BCUT2D eigenvalue weighted by atomic mass is 32.2. The molecule has 0 radical (unpaired) electrons. The van der Waals surface area contributed by atoms with E-state index in [1.54, 1.807) is 18.2 Å². The van der Waals surface area contributed by atoms with E-state index in [-0.39, 0.29) is 30.1 Å². The van der Waals surface area contributed by atoms with Gasteiger partial charge in [0.05, 0.1) is 5.75 Å². The molecule has 1 saturated carbocycles. The van der Waals surface area contributed by atoms with Crippen LogP contribution < -0.4 is 5.32 Å². The summed E-state index contributed by atoms with van der Waals surface area (Å²) < 4.78 is 18.4. The van der Waals surface area contributed by atoms with Crippen molar-refractivity contribution in [2.24, 2.45) is 5.92 Å². The van der Waals surface area contributed by atoms with Gasteiger partial charge in [0.15, 0.2) is 6.61 Å². The van der Waals surface area contributed by atoms with Crippen molar-refractivity contribution in [3.63, 3.8) is 0 Å². The number of hydrogen-bond donors (Lipinski definition) is 1. The number of carbonyl (C=O) groups is 2. The van der Waals surface area contributed by atoms with Gasteiger partial charge in [-0.1, -0.05) is 31.9 Å². The predicted molar refractivity (Wildman–Crippen MR) is 87.6 cm³/mol. The third kappa shape index (κ3) is 5.86. The Balaban J connectivity index is 1.67. The topological polar surface area (TPSA) is 55.4 Å². The van der Waals surface area contributed by atoms with Gasteiger partial charge in [-0.25, -0.2) is 4.39 Å². The first-order valence-corrected chi connectivity index (χ1v) is 8.87. The van der Waals surface area contributed by atoms with Crippen LogP contribution in [0, 0.1) is 11.7 Å². The number of benzene rings is 1. The Bertz CT molecular complexity index is 552. The first-order valence-electron chi connectivity index (χ1n) is 7.88. The number of hydrogen-bond acceptors (Lipinski definition) is 4. The molecule has 1 aliphatic carbocycles. The SMILES string of the molecule is C[C@H]1CCCC[C@H]1NC(=O)COC(=O)CSc1ccccc1F. The lowest BCUT2D eigenvalue weighted by Crippen LogP contribution is -2.43. The van der Waals surface area contributed by atoms with Crippen molar-refractivity contribution in [3.05, 3.63) is 30.1 Å². The zero-order valence-electron chi connectivity index (χ0n) is 13.2. The molecule has 0 aliphatic heterocycles. The first kappa shape index (κ1) is 17.8. The molecule has 2 rings (SSSR count). The number of ether oxygens (including phenoxy) is 1. The Kier molecular flexibility index (Phi) is 6.89. The molecule has 1 amide bonds. The van der Waals surface area contributed by atoms with Gasteiger partial charge in [0, 0.05) is 10.9 Å². The second-order valence-corrected chi connectivity index (χ2v) is 6.83. The molecule has 1 fully saturated rings. The predicted octanol–water partition coefficient (Wildman–Crippen LogP) is 3.16. The molecule has 0 spiro atoms. The van der Waals surface area contributed by atoms with Gasteiger partial charge in [-0.2, -0.15) is 0 Å². The highest BCUT2D eigenvalue weighted by molar-refractivity contribution is 8.00. The molecule has 1 aliphatic rings. The number of nitrogens with one attached hydrogen (secondary N) is 1. The molecule has 0 aromatic heterocycles. The zero-order valence-corrected chi connectivity index (χ0v) is 14.0. The van der Waals surface area contributed by atoms with E-state index in [0.717, 1.165) is 31.0 Å². The zero-order chi connectivity index (χ0) is 16.7. The lowest BCUT2D eigenvalue weighted by Gasteiger charge is -2.29. The normalized spacial score (nSPS) is 20.8. The van der Waals surface area contributed by atoms with Crippen molar-refractivity contribution in [2.45, 2.75) is 43.5 Å². The largest absolute Gasteiger partial charge is 0.455 e. The summed E-state index contributed by atoms with van der Waals surface area (Å²) in [5, 5.41) is 2.92. The molecule has 0 bridgehead atoms. The highest BCUT2D eigenvalue weighted by Crippen LogP contribution is 2.23. The maximum Gasteiger partial charge on any atom is 0.316 e. The molecule has 1 N–H and O–H groups in total. The molecular weight excluding hydrogens is 317 g/mol. The summed E-state index contributed by atoms with van der Waals surface area (Å²) in [4.78, 5) is 23.9. The molecular formula is C17H22FNO3S. The molecule has 126 valence electrons. The van der Waals surface area contributed by atoms with E-state index in [2.05, 4.69) is 12.2 Å². The average Bonchev–Trinajstić information content (AvgIpc) is 2.54. The van der Waals surface area contributed by atoms with Crippen LogP contribution in [0.2, 0.25) is 0 Å². The summed E-state index contributed by atoms with van der Waals surface area (Å²) in [5.74, 6) is -0.721. The molecule has 0 unspecified atom stereocenters. The molecule has 1 aromatic rings. The Hall–Kier alpha value is -1.56. The molecule has 23 heavy (non-hydrogen) atoms. The molecule has 2 atom stereocenters. The molecule has 0 heterocycles. The van der Waals surface area contributed by atoms with E-state index >= 15 is 0 Å². The monoisotopic (exact) mass is 339 g/mol. The van der Waals surface area contributed by atoms with E-state index in [1.165, 1.54) is 12.5 Å². The summed E-state index contributed by atoms with van der Waals surface area (Å²) in [6.45, 7) is 1.85. The van der Waals surface area contributed by atoms with Gasteiger partial charge in [0.25, 0.3) is 5.91 Å². The number of amides is 1. The standard InChI is InChI=1S/C17H22FNO3S/c1-12-6-2-4-8-14(12)19-16(20)10-22-17(21)11-23-15-9-5-3-7-13(15)18/h3,5,7,9,12,14H,2,4,6,8,10-11H2,1H3,(H,19,20)/t12-,14+/m0/s1. The van der Waals surface area contributed by atoms with Crippen LogP contribution in [-0.4, -0.2) is 30.3 Å². The first-order chi connectivity index (χ1) is 11.1. The van der Waals surface area contributed by atoms with Crippen LogP contribution in [-0.2, 0) is 14.3 Å². The number of carbonyl (C=O) groups excluding carboxylic acids is 2. The Morgan fingerprint density at radius 2 is 2.04 bits per heavy atom. The van der Waals surface area contributed by atoms with Crippen LogP contribution in [0.15, 0.2) is 29.2 Å². The van der Waals surface area contributed by atoms with Gasteiger partial charge >= 0.3 is 5.97 Å². The third-order valence-electron chi connectivity index (χ3n) is 4.00. The minimum Gasteiger partial charge on any atom is -0.455 e. The van der Waals surface area contributed by atoms with Crippen molar-refractivity contribution in [2.75, 3.05) is 12.4 Å². The second-order valence-electron chi connectivity index (χ2n) is 5.82. The lowest BCUT2D eigenvalue weighted by molar-refractivity contribution is -0.146. The van der Waals surface area contributed by atoms with E-state index < -0.39 is 5.97 Å². The fourth-order valence-electron chi connectivity index (χ4n) is 2.67. The maximum absolute atomic E-state index is 13.4. The van der Waals surface area contributed by atoms with E-state index in [9.17, 15) is 14.0 Å². The number of halogens is 1. The van der Waals surface area contributed by atoms with Crippen LogP contribution >= 0.6 is 11.8 Å². The van der Waals surface area contributed by atoms with Crippen LogP contribution in [0.25, 0.3) is 0 Å². The fourth-order valence-corrected chi connectivity index (χ4v) is 3.40. The van der Waals surface area contributed by atoms with E-state index in [4.69, 9.17) is 4.74 Å². The van der Waals surface area contributed by atoms with Crippen molar-refractivity contribution in [1.82, 2.24) is 5.32 Å². The van der Waals surface area contributed by atoms with Crippen LogP contribution in [0.1, 0.15) is 32.6 Å². The van der Waals surface area contributed by atoms with Crippen LogP contribution in [0.5, 0.6) is 0 Å². The minimum atomic E-state index is -0.523. The van der Waals surface area contributed by atoms with Gasteiger partial charge in [0.2, 0.25) is 0 Å². The Morgan fingerprint density at radius 3 is 2.78 bits per heavy atom. The molecule has 6 heteroatoms. The van der Waals surface area contributed by atoms with Crippen molar-refractivity contribution in [3.8, 4) is 0 Å². The fraction of sp³-hybridized carbons (Fsp3) is 0.529. The average molecular weight is 339 g/mol. The summed E-state index contributed by atoms with van der Waals surface area (Å²) in [6.07, 6.45) is 4.41. The maximum atomic E-state index is 13.4. The van der Waals surface area contributed by atoms with Gasteiger partial charge in [-0.05, 0) is 30.9 Å². The summed E-state index contributed by atoms with van der Waals surface area (Å²) in [7, 11) is 0. The Labute approximate surface area is 140 Å². The summed E-state index contributed by atoms with van der Waals surface area (Å²) >= 11 is 1.06. The molecule has 1 aromatic carbocycles. The minimum absolute atomic E-state index is 0.0198.